The van der Waals surface area contributed by atoms with E-state index in [-0.39, 0.29) is 21.7 Å². The highest BCUT2D eigenvalue weighted by molar-refractivity contribution is 6.28. The summed E-state index contributed by atoms with van der Waals surface area (Å²) in [6, 6.07) is 87.8. The van der Waals surface area contributed by atoms with Crippen LogP contribution in [0.1, 0.15) is 105 Å². The molecule has 82 heavy (non-hydrogen) atoms. The van der Waals surface area contributed by atoms with Gasteiger partial charge in [0.2, 0.25) is 0 Å². The lowest BCUT2D eigenvalue weighted by Crippen LogP contribution is -2.17. The smallest absolute Gasteiger partial charge is 0.0618 e. The number of anilines is 3. The molecule has 0 saturated carbocycles. The molecule has 404 valence electrons. The molecule has 12 aromatic carbocycles. The van der Waals surface area contributed by atoms with Crippen molar-refractivity contribution in [2.75, 3.05) is 4.90 Å². The van der Waals surface area contributed by atoms with E-state index in [1.54, 1.807) is 0 Å². The Kier molecular flexibility index (Phi) is 12.5. The number of aromatic nitrogens is 1. The second-order valence-corrected chi connectivity index (χ2v) is 27.1. The molecule has 0 saturated heterocycles. The van der Waals surface area contributed by atoms with Crippen LogP contribution in [0.25, 0.3) is 104 Å². The summed E-state index contributed by atoms with van der Waals surface area (Å²) in [4.78, 5) is 2.63. The first-order valence-corrected chi connectivity index (χ1v) is 29.4. The predicted octanol–water partition coefficient (Wildman–Crippen LogP) is 23.0. The van der Waals surface area contributed by atoms with Crippen molar-refractivity contribution in [3.8, 4) is 50.2 Å². The standard InChI is InChI=1S/C80H74N2/c1-77(2,3)59-43-57(44-60(49-59)78(4,5)6)55-42-56(58-45-61(79(7,8)9)50-62(46-58)80(10,11)12)48-63(47-55)81(76-64(51-24-15-13-16-25-51)30-23-31-65(76)52-26-17-14-18-27-52)72-40-36-53-35-39-69-73(41-37-54-34-38-68(72)74(53)75(54)69)82-70-32-21-19-28-66(70)67-29-20-22-33-71(67)82/h13-50H,1-12H3. The summed E-state index contributed by atoms with van der Waals surface area (Å²) < 4.78 is 2.48. The van der Waals surface area contributed by atoms with Gasteiger partial charge in [-0.15, -0.1) is 0 Å². The third-order valence-corrected chi connectivity index (χ3v) is 17.3. The van der Waals surface area contributed by atoms with Gasteiger partial charge in [-0.3, -0.25) is 0 Å². The molecule has 0 radical (unpaired) electrons. The van der Waals surface area contributed by atoms with Gasteiger partial charge in [-0.2, -0.15) is 0 Å². The second-order valence-electron chi connectivity index (χ2n) is 27.1. The van der Waals surface area contributed by atoms with Gasteiger partial charge in [-0.1, -0.05) is 271 Å². The van der Waals surface area contributed by atoms with E-state index in [1.807, 2.05) is 0 Å². The van der Waals surface area contributed by atoms with Gasteiger partial charge >= 0.3 is 0 Å². The van der Waals surface area contributed by atoms with Crippen LogP contribution in [0.15, 0.2) is 231 Å². The van der Waals surface area contributed by atoms with Gasteiger partial charge in [-0.05, 0) is 141 Å². The molecular formula is C80H74N2. The lowest BCUT2D eigenvalue weighted by atomic mass is 9.78. The Morgan fingerprint density at radius 1 is 0.293 bits per heavy atom. The van der Waals surface area contributed by atoms with Crippen molar-refractivity contribution in [2.24, 2.45) is 0 Å². The van der Waals surface area contributed by atoms with E-state index in [9.17, 15) is 0 Å². The molecule has 0 N–H and O–H groups in total. The number of fused-ring (bicyclic) bond motifs is 3. The summed E-state index contributed by atoms with van der Waals surface area (Å²) >= 11 is 0. The largest absolute Gasteiger partial charge is 0.309 e. The highest BCUT2D eigenvalue weighted by Crippen LogP contribution is 2.52. The van der Waals surface area contributed by atoms with Crippen LogP contribution in [0.5, 0.6) is 0 Å². The minimum Gasteiger partial charge on any atom is -0.309 e. The van der Waals surface area contributed by atoms with E-state index >= 15 is 0 Å². The molecule has 2 heteroatoms. The number of nitrogens with zero attached hydrogens (tertiary/aromatic N) is 2. The Morgan fingerprint density at radius 2 is 0.683 bits per heavy atom. The minimum atomic E-state index is -0.0759. The first-order chi connectivity index (χ1) is 39.2. The van der Waals surface area contributed by atoms with Crippen molar-refractivity contribution >= 4 is 71.2 Å². The van der Waals surface area contributed by atoms with E-state index in [4.69, 9.17) is 0 Å². The second kappa shape index (κ2) is 19.5. The number of hydrogen-bond acceptors (Lipinski definition) is 1. The fraction of sp³-hybridized carbons (Fsp3) is 0.200. The van der Waals surface area contributed by atoms with E-state index in [1.165, 1.54) is 104 Å². The van der Waals surface area contributed by atoms with E-state index in [0.29, 0.717) is 0 Å². The molecule has 0 aliphatic rings. The topological polar surface area (TPSA) is 8.17 Å². The van der Waals surface area contributed by atoms with Crippen LogP contribution in [0.3, 0.4) is 0 Å². The summed E-state index contributed by atoms with van der Waals surface area (Å²) in [6.45, 7) is 28.2. The van der Waals surface area contributed by atoms with Crippen molar-refractivity contribution in [1.82, 2.24) is 4.57 Å². The first-order valence-electron chi connectivity index (χ1n) is 29.4. The van der Waals surface area contributed by atoms with Crippen LogP contribution in [0.4, 0.5) is 17.1 Å². The summed E-state index contributed by atoms with van der Waals surface area (Å²) in [5, 5.41) is 9.91. The summed E-state index contributed by atoms with van der Waals surface area (Å²) in [5.41, 5.74) is 21.4. The van der Waals surface area contributed by atoms with Gasteiger partial charge in [0.15, 0.2) is 0 Å². The predicted molar refractivity (Wildman–Crippen MR) is 356 cm³/mol. The normalized spacial score (nSPS) is 12.6. The zero-order chi connectivity index (χ0) is 57.0. The maximum atomic E-state index is 2.63. The lowest BCUT2D eigenvalue weighted by Gasteiger charge is -2.33. The summed E-state index contributed by atoms with van der Waals surface area (Å²) in [6.07, 6.45) is 0. The third kappa shape index (κ3) is 9.23. The average Bonchev–Trinajstić information content (AvgIpc) is 2.15. The molecule has 1 heterocycles. The molecule has 2 nitrogen and oxygen atoms in total. The number of para-hydroxylation sites is 3. The molecule has 0 aliphatic carbocycles. The molecular weight excluding hydrogens is 989 g/mol. The van der Waals surface area contributed by atoms with Gasteiger partial charge in [0.1, 0.15) is 0 Å². The number of benzene rings is 12. The van der Waals surface area contributed by atoms with Crippen molar-refractivity contribution in [3.63, 3.8) is 0 Å². The van der Waals surface area contributed by atoms with Gasteiger partial charge in [0.25, 0.3) is 0 Å². The molecule has 0 unspecified atom stereocenters. The monoisotopic (exact) mass is 1060 g/mol. The van der Waals surface area contributed by atoms with E-state index < -0.39 is 0 Å². The molecule has 13 aromatic rings. The van der Waals surface area contributed by atoms with E-state index in [2.05, 4.69) is 323 Å². The van der Waals surface area contributed by atoms with Crippen LogP contribution >= 0.6 is 0 Å². The quantitative estimate of drug-likeness (QED) is 0.138. The molecule has 0 bridgehead atoms. The number of hydrogen-bond donors (Lipinski definition) is 0. The lowest BCUT2D eigenvalue weighted by molar-refractivity contribution is 0.568. The average molecular weight is 1060 g/mol. The Hall–Kier alpha value is -8.72. The SMILES string of the molecule is CC(C)(C)c1cc(-c2cc(-c3cc(C(C)(C)C)cc(C(C)(C)C)c3)cc(N(c3c(-c4ccccc4)cccc3-c3ccccc3)c3ccc4ccc5c(-n6c7ccccc7c7ccccc76)ccc6ccc3c4c65)c2)cc(C(C)(C)C)c1. The van der Waals surface area contributed by atoms with Crippen molar-refractivity contribution < 1.29 is 0 Å². The van der Waals surface area contributed by atoms with Crippen LogP contribution in [0, 0.1) is 0 Å². The van der Waals surface area contributed by atoms with Crippen LogP contribution in [0.2, 0.25) is 0 Å². The number of rotatable bonds is 8. The maximum absolute atomic E-state index is 2.63. The van der Waals surface area contributed by atoms with Crippen molar-refractivity contribution in [1.29, 1.82) is 0 Å². The van der Waals surface area contributed by atoms with Gasteiger partial charge < -0.3 is 9.47 Å². The summed E-state index contributed by atoms with van der Waals surface area (Å²) in [5.74, 6) is 0. The Bertz CT molecular complexity index is 4310. The van der Waals surface area contributed by atoms with Crippen molar-refractivity contribution in [2.45, 2.75) is 105 Å². The van der Waals surface area contributed by atoms with Gasteiger partial charge in [-0.25, -0.2) is 0 Å². The molecule has 0 aliphatic heterocycles. The van der Waals surface area contributed by atoms with Gasteiger partial charge in [0.05, 0.1) is 28.1 Å². The highest BCUT2D eigenvalue weighted by atomic mass is 15.1. The van der Waals surface area contributed by atoms with Crippen LogP contribution < -0.4 is 4.90 Å². The highest BCUT2D eigenvalue weighted by Gasteiger charge is 2.29. The van der Waals surface area contributed by atoms with E-state index in [0.717, 1.165) is 39.3 Å². The van der Waals surface area contributed by atoms with Crippen molar-refractivity contribution in [3.05, 3.63) is 253 Å². The molecule has 0 amide bonds. The first kappa shape index (κ1) is 52.6. The molecule has 0 fully saturated rings. The zero-order valence-corrected chi connectivity index (χ0v) is 49.8. The Labute approximate surface area is 485 Å². The molecule has 13 rings (SSSR count). The third-order valence-electron chi connectivity index (χ3n) is 17.3. The zero-order valence-electron chi connectivity index (χ0n) is 49.8. The summed E-state index contributed by atoms with van der Waals surface area (Å²) in [7, 11) is 0. The Morgan fingerprint density at radius 3 is 1.15 bits per heavy atom. The fourth-order valence-electron chi connectivity index (χ4n) is 12.6. The molecule has 1 aromatic heterocycles. The van der Waals surface area contributed by atoms with Crippen LogP contribution in [-0.4, -0.2) is 4.57 Å². The van der Waals surface area contributed by atoms with Crippen LogP contribution in [-0.2, 0) is 21.7 Å². The molecule has 0 atom stereocenters. The maximum Gasteiger partial charge on any atom is 0.0618 e. The molecule has 0 spiro atoms. The fourth-order valence-corrected chi connectivity index (χ4v) is 12.6. The van der Waals surface area contributed by atoms with Gasteiger partial charge in [0, 0.05) is 38.4 Å². The minimum absolute atomic E-state index is 0.0759. The Balaban J connectivity index is 1.18.